The quantitative estimate of drug-likeness (QED) is 0.498. The summed E-state index contributed by atoms with van der Waals surface area (Å²) in [6.07, 6.45) is 0.630. The number of nitrogens with zero attached hydrogens (tertiary/aromatic N) is 1. The van der Waals surface area contributed by atoms with Crippen LogP contribution >= 0.6 is 0 Å². The van der Waals surface area contributed by atoms with Crippen LogP contribution < -0.4 is 5.32 Å². The van der Waals surface area contributed by atoms with Crippen LogP contribution in [0.4, 0.5) is 5.69 Å². The third kappa shape index (κ3) is 4.39. The van der Waals surface area contributed by atoms with E-state index in [-0.39, 0.29) is 16.8 Å². The number of nitrogens with one attached hydrogen (secondary N) is 1. The number of amides is 1. The zero-order chi connectivity index (χ0) is 17.5. The third-order valence-electron chi connectivity index (χ3n) is 3.35. The Labute approximate surface area is 138 Å². The molecule has 0 heterocycles. The fourth-order valence-corrected chi connectivity index (χ4v) is 2.15. The minimum absolute atomic E-state index is 0.0395. The third-order valence-corrected chi connectivity index (χ3v) is 3.35. The predicted octanol–water partition coefficient (Wildman–Crippen LogP) is 2.35. The van der Waals surface area contributed by atoms with Crippen molar-refractivity contribution in [1.29, 1.82) is 0 Å². The summed E-state index contributed by atoms with van der Waals surface area (Å²) in [5.41, 5.74) is 0.718. The number of nitro groups is 1. The first-order valence-corrected chi connectivity index (χ1v) is 7.21. The van der Waals surface area contributed by atoms with Crippen LogP contribution in [0.2, 0.25) is 0 Å². The molecule has 0 unspecified atom stereocenters. The van der Waals surface area contributed by atoms with Gasteiger partial charge in [0.2, 0.25) is 0 Å². The van der Waals surface area contributed by atoms with Crippen molar-refractivity contribution in [3.8, 4) is 0 Å². The van der Waals surface area contributed by atoms with Crippen molar-refractivity contribution >= 4 is 17.6 Å². The standard InChI is InChI=1S/C17H16N2O5/c1-24-17(21)14-9-13(10-15(11-14)19(22)23)16(20)18-8-7-12-5-3-2-4-6-12/h2-6,9-11H,7-8H2,1H3,(H,18,20). The number of hydrogen-bond acceptors (Lipinski definition) is 5. The lowest BCUT2D eigenvalue weighted by Gasteiger charge is -2.07. The molecule has 7 nitrogen and oxygen atoms in total. The molecule has 0 radical (unpaired) electrons. The molecule has 0 bridgehead atoms. The molecule has 0 aliphatic heterocycles. The van der Waals surface area contributed by atoms with Gasteiger partial charge in [-0.15, -0.1) is 0 Å². The highest BCUT2D eigenvalue weighted by Crippen LogP contribution is 2.18. The number of methoxy groups -OCH3 is 1. The largest absolute Gasteiger partial charge is 0.465 e. The van der Waals surface area contributed by atoms with Crippen LogP contribution in [0.25, 0.3) is 0 Å². The number of carbonyl (C=O) groups is 2. The SMILES string of the molecule is COC(=O)c1cc(C(=O)NCCc2ccccc2)cc([N+](=O)[O-])c1. The maximum Gasteiger partial charge on any atom is 0.338 e. The van der Waals surface area contributed by atoms with Gasteiger partial charge in [-0.25, -0.2) is 4.79 Å². The lowest BCUT2D eigenvalue weighted by molar-refractivity contribution is -0.384. The number of nitro benzene ring substituents is 1. The summed E-state index contributed by atoms with van der Waals surface area (Å²) in [7, 11) is 1.17. The molecule has 0 aliphatic carbocycles. The van der Waals surface area contributed by atoms with Crippen LogP contribution in [-0.4, -0.2) is 30.5 Å². The van der Waals surface area contributed by atoms with Gasteiger partial charge >= 0.3 is 5.97 Å². The summed E-state index contributed by atoms with van der Waals surface area (Å²) >= 11 is 0. The summed E-state index contributed by atoms with van der Waals surface area (Å²) in [5, 5.41) is 13.6. The number of hydrogen-bond donors (Lipinski definition) is 1. The minimum Gasteiger partial charge on any atom is -0.465 e. The van der Waals surface area contributed by atoms with Gasteiger partial charge in [0.1, 0.15) is 0 Å². The fraction of sp³-hybridized carbons (Fsp3) is 0.176. The van der Waals surface area contributed by atoms with Gasteiger partial charge in [0, 0.05) is 24.2 Å². The molecule has 2 aromatic rings. The molecule has 0 aliphatic rings. The van der Waals surface area contributed by atoms with Crippen molar-refractivity contribution in [2.75, 3.05) is 13.7 Å². The van der Waals surface area contributed by atoms with E-state index in [1.807, 2.05) is 30.3 Å². The average Bonchev–Trinajstić information content (AvgIpc) is 2.61. The molecular weight excluding hydrogens is 312 g/mol. The van der Waals surface area contributed by atoms with Gasteiger partial charge in [-0.3, -0.25) is 14.9 Å². The van der Waals surface area contributed by atoms with Gasteiger partial charge in [-0.2, -0.15) is 0 Å². The van der Waals surface area contributed by atoms with E-state index in [0.29, 0.717) is 13.0 Å². The second kappa shape index (κ2) is 7.87. The molecule has 1 amide bonds. The maximum absolute atomic E-state index is 12.2. The number of benzene rings is 2. The smallest absolute Gasteiger partial charge is 0.338 e. The Balaban J connectivity index is 2.11. The van der Waals surface area contributed by atoms with Gasteiger partial charge < -0.3 is 10.1 Å². The van der Waals surface area contributed by atoms with Crippen LogP contribution in [0.1, 0.15) is 26.3 Å². The predicted molar refractivity (Wildman–Crippen MR) is 86.9 cm³/mol. The zero-order valence-corrected chi connectivity index (χ0v) is 13.0. The normalized spacial score (nSPS) is 10.0. The van der Waals surface area contributed by atoms with E-state index in [1.165, 1.54) is 13.2 Å². The van der Waals surface area contributed by atoms with Crippen molar-refractivity contribution in [2.45, 2.75) is 6.42 Å². The number of non-ortho nitro benzene ring substituents is 1. The van der Waals surface area contributed by atoms with Gasteiger partial charge in [0.25, 0.3) is 11.6 Å². The average molecular weight is 328 g/mol. The van der Waals surface area contributed by atoms with E-state index < -0.39 is 16.8 Å². The topological polar surface area (TPSA) is 98.5 Å². The van der Waals surface area contributed by atoms with E-state index in [1.54, 1.807) is 0 Å². The molecule has 0 saturated heterocycles. The van der Waals surface area contributed by atoms with Crippen molar-refractivity contribution in [2.24, 2.45) is 0 Å². The highest BCUT2D eigenvalue weighted by molar-refractivity contribution is 5.98. The van der Waals surface area contributed by atoms with E-state index >= 15 is 0 Å². The molecule has 1 N–H and O–H groups in total. The first-order valence-electron chi connectivity index (χ1n) is 7.21. The van der Waals surface area contributed by atoms with Crippen LogP contribution in [0.5, 0.6) is 0 Å². The van der Waals surface area contributed by atoms with E-state index in [0.717, 1.165) is 17.7 Å². The highest BCUT2D eigenvalue weighted by Gasteiger charge is 2.18. The van der Waals surface area contributed by atoms with Gasteiger partial charge in [0.05, 0.1) is 17.6 Å². The fourth-order valence-electron chi connectivity index (χ4n) is 2.15. The van der Waals surface area contributed by atoms with E-state index in [9.17, 15) is 19.7 Å². The first kappa shape index (κ1) is 17.1. The van der Waals surface area contributed by atoms with Crippen LogP contribution in [-0.2, 0) is 11.2 Å². The number of carbonyl (C=O) groups excluding carboxylic acids is 2. The summed E-state index contributed by atoms with van der Waals surface area (Å²) in [5.74, 6) is -1.23. The molecule has 7 heteroatoms. The molecule has 0 atom stereocenters. The van der Waals surface area contributed by atoms with Gasteiger partial charge in [0.15, 0.2) is 0 Å². The minimum atomic E-state index is -0.739. The Morgan fingerprint density at radius 3 is 2.42 bits per heavy atom. The molecule has 0 fully saturated rings. The van der Waals surface area contributed by atoms with Crippen LogP contribution in [0.3, 0.4) is 0 Å². The first-order chi connectivity index (χ1) is 11.5. The molecule has 2 rings (SSSR count). The Kier molecular flexibility index (Phi) is 5.62. The molecular formula is C17H16N2O5. The summed E-state index contributed by atoms with van der Waals surface area (Å²) in [6, 6.07) is 13.1. The zero-order valence-electron chi connectivity index (χ0n) is 13.0. The second-order valence-corrected chi connectivity index (χ2v) is 5.01. The van der Waals surface area contributed by atoms with Crippen LogP contribution in [0.15, 0.2) is 48.5 Å². The lowest BCUT2D eigenvalue weighted by atomic mass is 10.1. The second-order valence-electron chi connectivity index (χ2n) is 5.01. The molecule has 0 aromatic heterocycles. The van der Waals surface area contributed by atoms with Crippen molar-refractivity contribution in [3.05, 3.63) is 75.3 Å². The summed E-state index contributed by atoms with van der Waals surface area (Å²) in [6.45, 7) is 0.374. The van der Waals surface area contributed by atoms with Gasteiger partial charge in [-0.05, 0) is 18.1 Å². The van der Waals surface area contributed by atoms with Crippen molar-refractivity contribution < 1.29 is 19.2 Å². The number of esters is 1. The molecule has 0 spiro atoms. The van der Waals surface area contributed by atoms with Gasteiger partial charge in [-0.1, -0.05) is 30.3 Å². The molecule has 124 valence electrons. The number of ether oxygens (including phenoxy) is 1. The van der Waals surface area contributed by atoms with Crippen LogP contribution in [0, 0.1) is 10.1 Å². The molecule has 0 saturated carbocycles. The Morgan fingerprint density at radius 1 is 1.12 bits per heavy atom. The monoisotopic (exact) mass is 328 g/mol. The summed E-state index contributed by atoms with van der Waals surface area (Å²) in [4.78, 5) is 34.1. The highest BCUT2D eigenvalue weighted by atomic mass is 16.6. The molecule has 2 aromatic carbocycles. The molecule has 24 heavy (non-hydrogen) atoms. The number of rotatable bonds is 6. The van der Waals surface area contributed by atoms with E-state index in [4.69, 9.17) is 0 Å². The maximum atomic E-state index is 12.2. The Morgan fingerprint density at radius 2 is 1.79 bits per heavy atom. The Bertz CT molecular complexity index is 759. The van der Waals surface area contributed by atoms with Crippen molar-refractivity contribution in [1.82, 2.24) is 5.32 Å². The van der Waals surface area contributed by atoms with Crippen molar-refractivity contribution in [3.63, 3.8) is 0 Å². The Hall–Kier alpha value is -3.22. The lowest BCUT2D eigenvalue weighted by Crippen LogP contribution is -2.26. The van der Waals surface area contributed by atoms with E-state index in [2.05, 4.69) is 10.1 Å². The summed E-state index contributed by atoms with van der Waals surface area (Å²) < 4.78 is 4.55.